The van der Waals surface area contributed by atoms with Crippen LogP contribution < -0.4 is 0 Å². The van der Waals surface area contributed by atoms with E-state index in [2.05, 4.69) is 180 Å². The van der Waals surface area contributed by atoms with Crippen LogP contribution >= 0.6 is 0 Å². The smallest absolute Gasteiger partial charge is 0.164 e. The molecule has 0 spiro atoms. The number of fused-ring (bicyclic) bond motifs is 6. The van der Waals surface area contributed by atoms with Crippen LogP contribution in [0.3, 0.4) is 0 Å². The van der Waals surface area contributed by atoms with Crippen LogP contribution in [0.15, 0.2) is 199 Å². The Bertz CT molecular complexity index is 3220. The average molecular weight is 717 g/mol. The van der Waals surface area contributed by atoms with Crippen molar-refractivity contribution < 1.29 is 4.42 Å². The number of furan rings is 1. The predicted octanol–water partition coefficient (Wildman–Crippen LogP) is 13.2. The van der Waals surface area contributed by atoms with Gasteiger partial charge in [0.15, 0.2) is 17.5 Å². The molecule has 3 aromatic heterocycles. The number of nitrogens with zero attached hydrogens (tertiary/aromatic N) is 4. The van der Waals surface area contributed by atoms with E-state index in [0.29, 0.717) is 17.5 Å². The molecule has 5 heteroatoms. The Morgan fingerprint density at radius 2 is 0.821 bits per heavy atom. The molecule has 0 saturated carbocycles. The summed E-state index contributed by atoms with van der Waals surface area (Å²) >= 11 is 0. The Kier molecular flexibility index (Phi) is 7.42. The second kappa shape index (κ2) is 13.0. The molecule has 0 amide bonds. The van der Waals surface area contributed by atoms with Crippen LogP contribution in [-0.4, -0.2) is 19.5 Å². The van der Waals surface area contributed by atoms with Gasteiger partial charge in [-0.3, -0.25) is 0 Å². The first-order chi connectivity index (χ1) is 27.7. The first-order valence-corrected chi connectivity index (χ1v) is 18.8. The lowest BCUT2D eigenvalue weighted by atomic mass is 10.0. The Hall–Kier alpha value is -7.63. The fourth-order valence-corrected chi connectivity index (χ4v) is 7.91. The number of aromatic nitrogens is 4. The number of rotatable bonds is 6. The predicted molar refractivity (Wildman–Crippen MR) is 229 cm³/mol. The molecule has 3 heterocycles. The summed E-state index contributed by atoms with van der Waals surface area (Å²) in [6.45, 7) is 0. The topological polar surface area (TPSA) is 56.7 Å². The van der Waals surface area contributed by atoms with E-state index in [9.17, 15) is 0 Å². The van der Waals surface area contributed by atoms with Crippen LogP contribution in [0.25, 0.3) is 106 Å². The van der Waals surface area contributed by atoms with Gasteiger partial charge in [0.05, 0.1) is 11.0 Å². The van der Waals surface area contributed by atoms with Gasteiger partial charge >= 0.3 is 0 Å². The molecule has 0 bridgehead atoms. The highest BCUT2D eigenvalue weighted by Gasteiger charge is 2.18. The standard InChI is InChI=1S/C51H32N4O/c1-4-13-33(14-5-1)35-23-25-36(26-24-35)49-52-50(38-18-12-17-37(29-38)34-15-6-2-7-16-34)54-51(53-49)39-27-28-42-44-31-43-41-21-10-11-22-45(41)55(40-19-8-3-9-20-40)46(43)32-48(44)56-47(42)30-39/h1-32H. The van der Waals surface area contributed by atoms with E-state index in [1.807, 2.05) is 18.2 Å². The third-order valence-electron chi connectivity index (χ3n) is 10.7. The zero-order valence-electron chi connectivity index (χ0n) is 30.2. The van der Waals surface area contributed by atoms with Gasteiger partial charge in [-0.1, -0.05) is 146 Å². The molecule has 0 atom stereocenters. The first kappa shape index (κ1) is 31.9. The van der Waals surface area contributed by atoms with Gasteiger partial charge in [-0.25, -0.2) is 15.0 Å². The van der Waals surface area contributed by atoms with Gasteiger partial charge in [-0.2, -0.15) is 0 Å². The molecule has 11 rings (SSSR count). The van der Waals surface area contributed by atoms with Crippen molar-refractivity contribution in [3.63, 3.8) is 0 Å². The minimum atomic E-state index is 0.580. The van der Waals surface area contributed by atoms with Gasteiger partial charge in [0.25, 0.3) is 0 Å². The summed E-state index contributed by atoms with van der Waals surface area (Å²) in [6, 6.07) is 67.4. The molecule has 0 unspecified atom stereocenters. The van der Waals surface area contributed by atoms with E-state index in [1.54, 1.807) is 0 Å². The fourth-order valence-electron chi connectivity index (χ4n) is 7.91. The van der Waals surface area contributed by atoms with Gasteiger partial charge in [0.1, 0.15) is 11.2 Å². The lowest BCUT2D eigenvalue weighted by molar-refractivity contribution is 0.669. The minimum Gasteiger partial charge on any atom is -0.456 e. The Labute approximate surface area is 322 Å². The summed E-state index contributed by atoms with van der Waals surface area (Å²) in [7, 11) is 0. The molecule has 262 valence electrons. The molecule has 0 aliphatic rings. The van der Waals surface area contributed by atoms with Crippen molar-refractivity contribution in [2.75, 3.05) is 0 Å². The second-order valence-corrected chi connectivity index (χ2v) is 14.1. The Balaban J connectivity index is 1.06. The molecule has 11 aromatic rings. The number of hydrogen-bond donors (Lipinski definition) is 0. The fraction of sp³-hybridized carbons (Fsp3) is 0. The number of hydrogen-bond acceptors (Lipinski definition) is 4. The molecule has 0 aliphatic heterocycles. The molecular formula is C51H32N4O. The van der Waals surface area contributed by atoms with Crippen molar-refractivity contribution in [3.05, 3.63) is 194 Å². The molecule has 0 radical (unpaired) electrons. The van der Waals surface area contributed by atoms with Crippen LogP contribution in [0.4, 0.5) is 0 Å². The quantitative estimate of drug-likeness (QED) is 0.172. The molecule has 5 nitrogen and oxygen atoms in total. The monoisotopic (exact) mass is 716 g/mol. The molecule has 56 heavy (non-hydrogen) atoms. The summed E-state index contributed by atoms with van der Waals surface area (Å²) < 4.78 is 8.99. The molecular weight excluding hydrogens is 685 g/mol. The normalized spacial score (nSPS) is 11.6. The highest BCUT2D eigenvalue weighted by atomic mass is 16.3. The van der Waals surface area contributed by atoms with E-state index in [0.717, 1.165) is 72.1 Å². The lowest BCUT2D eigenvalue weighted by Gasteiger charge is -2.10. The molecule has 8 aromatic carbocycles. The number of para-hydroxylation sites is 2. The van der Waals surface area contributed by atoms with Crippen molar-refractivity contribution in [3.8, 4) is 62.1 Å². The maximum atomic E-state index is 6.67. The van der Waals surface area contributed by atoms with Gasteiger partial charge in [-0.15, -0.1) is 0 Å². The lowest BCUT2D eigenvalue weighted by Crippen LogP contribution is -2.00. The van der Waals surface area contributed by atoms with Crippen molar-refractivity contribution in [1.82, 2.24) is 19.5 Å². The van der Waals surface area contributed by atoms with Crippen LogP contribution in [-0.2, 0) is 0 Å². The van der Waals surface area contributed by atoms with Crippen LogP contribution in [0, 0.1) is 0 Å². The molecule has 0 N–H and O–H groups in total. The Morgan fingerprint density at radius 3 is 1.55 bits per heavy atom. The van der Waals surface area contributed by atoms with Crippen molar-refractivity contribution >= 4 is 43.7 Å². The van der Waals surface area contributed by atoms with Crippen LogP contribution in [0.2, 0.25) is 0 Å². The minimum absolute atomic E-state index is 0.580. The number of benzene rings is 8. The van der Waals surface area contributed by atoms with E-state index >= 15 is 0 Å². The van der Waals surface area contributed by atoms with Gasteiger partial charge < -0.3 is 8.98 Å². The van der Waals surface area contributed by atoms with E-state index in [4.69, 9.17) is 19.4 Å². The highest BCUT2D eigenvalue weighted by Crippen LogP contribution is 2.39. The van der Waals surface area contributed by atoms with Crippen LogP contribution in [0.1, 0.15) is 0 Å². The zero-order valence-corrected chi connectivity index (χ0v) is 30.2. The largest absolute Gasteiger partial charge is 0.456 e. The molecule has 0 fully saturated rings. The van der Waals surface area contributed by atoms with E-state index in [-0.39, 0.29) is 0 Å². The highest BCUT2D eigenvalue weighted by molar-refractivity contribution is 6.17. The van der Waals surface area contributed by atoms with Crippen molar-refractivity contribution in [1.29, 1.82) is 0 Å². The molecule has 0 aliphatic carbocycles. The second-order valence-electron chi connectivity index (χ2n) is 14.1. The maximum Gasteiger partial charge on any atom is 0.164 e. The average Bonchev–Trinajstić information content (AvgIpc) is 3.80. The maximum absolute atomic E-state index is 6.67. The zero-order chi connectivity index (χ0) is 37.0. The van der Waals surface area contributed by atoms with Crippen molar-refractivity contribution in [2.24, 2.45) is 0 Å². The summed E-state index contributed by atoms with van der Waals surface area (Å²) in [5, 5.41) is 4.51. The van der Waals surface area contributed by atoms with Crippen LogP contribution in [0.5, 0.6) is 0 Å². The first-order valence-electron chi connectivity index (χ1n) is 18.8. The SMILES string of the molecule is c1ccc(-c2ccc(-c3nc(-c4cccc(-c5ccccc5)c4)nc(-c4ccc5c(c4)oc4cc6c(cc45)c4ccccc4n6-c4ccccc4)n3)cc2)cc1. The summed E-state index contributed by atoms with van der Waals surface area (Å²) in [6.07, 6.45) is 0. The third-order valence-corrected chi connectivity index (χ3v) is 10.7. The summed E-state index contributed by atoms with van der Waals surface area (Å²) in [4.78, 5) is 15.3. The summed E-state index contributed by atoms with van der Waals surface area (Å²) in [5.41, 5.74) is 12.2. The summed E-state index contributed by atoms with van der Waals surface area (Å²) in [5.74, 6) is 1.79. The Morgan fingerprint density at radius 1 is 0.304 bits per heavy atom. The van der Waals surface area contributed by atoms with Gasteiger partial charge in [0.2, 0.25) is 0 Å². The molecule has 0 saturated heterocycles. The van der Waals surface area contributed by atoms with Gasteiger partial charge in [-0.05, 0) is 64.7 Å². The van der Waals surface area contributed by atoms with Gasteiger partial charge in [0, 0.05) is 50.0 Å². The third kappa shape index (κ3) is 5.45. The van der Waals surface area contributed by atoms with Crippen molar-refractivity contribution in [2.45, 2.75) is 0 Å². The van der Waals surface area contributed by atoms with E-state index in [1.165, 1.54) is 16.3 Å². The van der Waals surface area contributed by atoms with E-state index < -0.39 is 0 Å².